The lowest BCUT2D eigenvalue weighted by Crippen LogP contribution is -2.39. The Kier molecular flexibility index (Phi) is 3.59. The van der Waals surface area contributed by atoms with Gasteiger partial charge in [-0.3, -0.25) is 0 Å². The topological polar surface area (TPSA) is 17.1 Å². The number of allylic oxidation sites excluding steroid dienone is 3. The Labute approximate surface area is 105 Å². The first-order chi connectivity index (χ1) is 6.70. The summed E-state index contributed by atoms with van der Waals surface area (Å²) < 4.78 is -1.44. The first-order valence-electron chi connectivity index (χ1n) is 4.60. The second kappa shape index (κ2) is 4.12. The maximum Gasteiger partial charge on any atom is 0.197 e. The third-order valence-corrected chi connectivity index (χ3v) is 3.40. The van der Waals surface area contributed by atoms with Gasteiger partial charge in [0.2, 0.25) is 0 Å². The van der Waals surface area contributed by atoms with E-state index in [1.807, 2.05) is 26.0 Å². The molecule has 1 nitrogen and oxygen atoms in total. The molecule has 0 aliphatic heterocycles. The Morgan fingerprint density at radius 3 is 2.40 bits per heavy atom. The number of alkyl halides is 3. The van der Waals surface area contributed by atoms with Gasteiger partial charge in [-0.25, -0.2) is 0 Å². The van der Waals surface area contributed by atoms with Crippen molar-refractivity contribution in [2.24, 2.45) is 17.3 Å². The number of hydrogen-bond acceptors (Lipinski definition) is 1. The number of carbonyl (C=O) groups is 1. The molecule has 0 spiro atoms. The molecule has 0 saturated heterocycles. The zero-order chi connectivity index (χ0) is 11.9. The molecule has 4 heteroatoms. The van der Waals surface area contributed by atoms with E-state index in [0.29, 0.717) is 5.57 Å². The second-order valence-electron chi connectivity index (χ2n) is 4.39. The van der Waals surface area contributed by atoms with Crippen LogP contribution in [0.2, 0.25) is 0 Å². The highest BCUT2D eigenvalue weighted by Gasteiger charge is 2.47. The van der Waals surface area contributed by atoms with E-state index >= 15 is 0 Å². The Morgan fingerprint density at radius 2 is 2.00 bits per heavy atom. The number of aldehydes is 1. The Morgan fingerprint density at radius 1 is 1.47 bits per heavy atom. The summed E-state index contributed by atoms with van der Waals surface area (Å²) in [5.74, 6) is -0.700. The zero-order valence-corrected chi connectivity index (χ0v) is 10.9. The largest absolute Gasteiger partial charge is 0.302 e. The Balaban J connectivity index is 3.18. The fourth-order valence-electron chi connectivity index (χ4n) is 2.01. The summed E-state index contributed by atoms with van der Waals surface area (Å²) in [6, 6.07) is 0. The predicted molar refractivity (Wildman–Crippen MR) is 65.4 cm³/mol. The highest BCUT2D eigenvalue weighted by molar-refractivity contribution is 6.67. The van der Waals surface area contributed by atoms with E-state index in [1.165, 1.54) is 0 Å². The molecule has 0 heterocycles. The van der Waals surface area contributed by atoms with Gasteiger partial charge in [0, 0.05) is 5.92 Å². The number of hydrogen-bond donors (Lipinski definition) is 0. The van der Waals surface area contributed by atoms with Crippen molar-refractivity contribution in [1.29, 1.82) is 0 Å². The van der Waals surface area contributed by atoms with Gasteiger partial charge in [-0.2, -0.15) is 0 Å². The maximum atomic E-state index is 10.8. The first kappa shape index (κ1) is 13.1. The van der Waals surface area contributed by atoms with Crippen LogP contribution in [0.25, 0.3) is 0 Å². The summed E-state index contributed by atoms with van der Waals surface area (Å²) >= 11 is 17.8. The van der Waals surface area contributed by atoms with Gasteiger partial charge in [-0.1, -0.05) is 73.0 Å². The van der Waals surface area contributed by atoms with Crippen LogP contribution < -0.4 is 0 Å². The van der Waals surface area contributed by atoms with Crippen LogP contribution in [0.5, 0.6) is 0 Å². The van der Waals surface area contributed by atoms with Crippen molar-refractivity contribution in [3.8, 4) is 0 Å². The van der Waals surface area contributed by atoms with E-state index in [-0.39, 0.29) is 17.3 Å². The molecule has 1 aliphatic carbocycles. The standard InChI is InChI=1S/C11H13Cl3O/c1-7-8(6-15)4-5-10(2,3)9(7)11(12,13)14/h4-6,8-9H,1H2,2-3H3. The van der Waals surface area contributed by atoms with E-state index in [1.54, 1.807) is 0 Å². The van der Waals surface area contributed by atoms with Gasteiger partial charge in [-0.05, 0) is 5.41 Å². The normalized spacial score (nSPS) is 30.3. The maximum absolute atomic E-state index is 10.8. The quantitative estimate of drug-likeness (QED) is 0.399. The molecule has 0 aromatic heterocycles. The van der Waals surface area contributed by atoms with Crippen LogP contribution in [-0.4, -0.2) is 10.1 Å². The van der Waals surface area contributed by atoms with E-state index in [2.05, 4.69) is 6.58 Å². The predicted octanol–water partition coefficient (Wildman–Crippen LogP) is 3.94. The lowest BCUT2D eigenvalue weighted by Gasteiger charge is -2.42. The minimum atomic E-state index is -1.44. The van der Waals surface area contributed by atoms with Gasteiger partial charge in [0.15, 0.2) is 3.79 Å². The molecule has 15 heavy (non-hydrogen) atoms. The molecule has 1 aliphatic rings. The zero-order valence-electron chi connectivity index (χ0n) is 8.64. The van der Waals surface area contributed by atoms with Crippen molar-refractivity contribution >= 4 is 41.1 Å². The smallest absolute Gasteiger partial charge is 0.197 e. The molecule has 0 aromatic rings. The molecule has 0 radical (unpaired) electrons. The van der Waals surface area contributed by atoms with Crippen molar-refractivity contribution in [3.63, 3.8) is 0 Å². The lowest BCUT2D eigenvalue weighted by atomic mass is 9.68. The van der Waals surface area contributed by atoms with Gasteiger partial charge < -0.3 is 4.79 Å². The number of rotatable bonds is 1. The van der Waals surface area contributed by atoms with Crippen molar-refractivity contribution in [1.82, 2.24) is 0 Å². The van der Waals surface area contributed by atoms with Crippen LogP contribution in [0.15, 0.2) is 24.3 Å². The van der Waals surface area contributed by atoms with Crippen molar-refractivity contribution < 1.29 is 4.79 Å². The Bertz CT molecular complexity index is 312. The summed E-state index contributed by atoms with van der Waals surface area (Å²) in [4.78, 5) is 10.8. The minimum Gasteiger partial charge on any atom is -0.302 e. The van der Waals surface area contributed by atoms with E-state index < -0.39 is 3.79 Å². The van der Waals surface area contributed by atoms with E-state index in [9.17, 15) is 4.79 Å². The second-order valence-corrected chi connectivity index (χ2v) is 6.76. The average Bonchev–Trinajstić information content (AvgIpc) is 2.00. The number of halogens is 3. The molecule has 0 saturated carbocycles. The Hall–Kier alpha value is 0.0200. The van der Waals surface area contributed by atoms with Crippen LogP contribution in [-0.2, 0) is 4.79 Å². The summed E-state index contributed by atoms with van der Waals surface area (Å²) in [5, 5.41) is 0. The number of carbonyl (C=O) groups excluding carboxylic acids is 1. The molecule has 0 amide bonds. The van der Waals surface area contributed by atoms with Gasteiger partial charge in [0.1, 0.15) is 6.29 Å². The van der Waals surface area contributed by atoms with Gasteiger partial charge >= 0.3 is 0 Å². The summed E-state index contributed by atoms with van der Waals surface area (Å²) in [6.45, 7) is 7.80. The molecule has 2 unspecified atom stereocenters. The van der Waals surface area contributed by atoms with Gasteiger partial charge in [-0.15, -0.1) is 0 Å². The average molecular weight is 268 g/mol. The monoisotopic (exact) mass is 266 g/mol. The first-order valence-corrected chi connectivity index (χ1v) is 5.73. The van der Waals surface area contributed by atoms with Crippen LogP contribution in [0.3, 0.4) is 0 Å². The molecule has 0 N–H and O–H groups in total. The minimum absolute atomic E-state index is 0.304. The van der Waals surface area contributed by atoms with Crippen molar-refractivity contribution in [2.45, 2.75) is 17.6 Å². The van der Waals surface area contributed by atoms with Crippen molar-refractivity contribution in [2.75, 3.05) is 0 Å². The highest BCUT2D eigenvalue weighted by atomic mass is 35.6. The highest BCUT2D eigenvalue weighted by Crippen LogP contribution is 2.52. The third kappa shape index (κ3) is 2.58. The van der Waals surface area contributed by atoms with Crippen molar-refractivity contribution in [3.05, 3.63) is 24.3 Å². The van der Waals surface area contributed by atoms with E-state index in [0.717, 1.165) is 6.29 Å². The van der Waals surface area contributed by atoms with Gasteiger partial charge in [0.25, 0.3) is 0 Å². The van der Waals surface area contributed by atoms with Crippen LogP contribution in [0.1, 0.15) is 13.8 Å². The van der Waals surface area contributed by atoms with E-state index in [4.69, 9.17) is 34.8 Å². The van der Waals surface area contributed by atoms with Crippen LogP contribution in [0.4, 0.5) is 0 Å². The molecule has 0 fully saturated rings. The molecule has 84 valence electrons. The SMILES string of the molecule is C=C1C(C=O)C=CC(C)(C)C1C(Cl)(Cl)Cl. The summed E-state index contributed by atoms with van der Waals surface area (Å²) in [6.07, 6.45) is 4.53. The molecular weight excluding hydrogens is 254 g/mol. The third-order valence-electron chi connectivity index (χ3n) is 2.75. The molecule has 2 atom stereocenters. The van der Waals surface area contributed by atoms with Crippen LogP contribution in [0, 0.1) is 17.3 Å². The molecule has 1 rings (SSSR count). The fraction of sp³-hybridized carbons (Fsp3) is 0.545. The van der Waals surface area contributed by atoms with Crippen LogP contribution >= 0.6 is 34.8 Å². The molecule has 0 aromatic carbocycles. The fourth-order valence-corrected chi connectivity index (χ4v) is 3.27. The lowest BCUT2D eigenvalue weighted by molar-refractivity contribution is -0.109. The summed E-state index contributed by atoms with van der Waals surface area (Å²) in [7, 11) is 0. The van der Waals surface area contributed by atoms with Gasteiger partial charge in [0.05, 0.1) is 5.92 Å². The summed E-state index contributed by atoms with van der Waals surface area (Å²) in [5.41, 5.74) is 0.361. The molecular formula is C11H13Cl3O. The molecule has 0 bridgehead atoms.